The first-order valence-corrected chi connectivity index (χ1v) is 5.28. The summed E-state index contributed by atoms with van der Waals surface area (Å²) in [7, 11) is 0. The molecule has 2 aromatic rings. The van der Waals surface area contributed by atoms with E-state index in [1.54, 1.807) is 13.1 Å². The second-order valence-electron chi connectivity index (χ2n) is 3.47. The highest BCUT2D eigenvalue weighted by atomic mass is 16.5. The molecule has 5 heteroatoms. The Bertz CT molecular complexity index is 534. The molecule has 2 heterocycles. The maximum Gasteiger partial charge on any atom is 0.360 e. The van der Waals surface area contributed by atoms with Crippen molar-refractivity contribution in [3.05, 3.63) is 35.7 Å². The molecule has 17 heavy (non-hydrogen) atoms. The predicted molar refractivity (Wildman–Crippen MR) is 60.4 cm³/mol. The fourth-order valence-electron chi connectivity index (χ4n) is 1.43. The van der Waals surface area contributed by atoms with Gasteiger partial charge in [0.2, 0.25) is 0 Å². The van der Waals surface area contributed by atoms with Crippen LogP contribution in [-0.2, 0) is 4.74 Å². The van der Waals surface area contributed by atoms with Crippen molar-refractivity contribution in [2.24, 2.45) is 0 Å². The summed E-state index contributed by atoms with van der Waals surface area (Å²) in [6, 6.07) is 5.28. The maximum absolute atomic E-state index is 11.4. The van der Waals surface area contributed by atoms with Gasteiger partial charge in [-0.05, 0) is 25.5 Å². The number of esters is 1. The summed E-state index contributed by atoms with van der Waals surface area (Å²) in [6.07, 6.45) is 1.66. The molecular weight excluding hydrogens is 220 g/mol. The van der Waals surface area contributed by atoms with Crippen LogP contribution >= 0.6 is 0 Å². The van der Waals surface area contributed by atoms with E-state index in [2.05, 4.69) is 10.1 Å². The van der Waals surface area contributed by atoms with Crippen LogP contribution in [0.2, 0.25) is 0 Å². The van der Waals surface area contributed by atoms with Gasteiger partial charge in [-0.25, -0.2) is 4.79 Å². The number of carbonyl (C=O) groups excluding carboxylic acids is 1. The van der Waals surface area contributed by atoms with E-state index < -0.39 is 5.97 Å². The number of hydrogen-bond acceptors (Lipinski definition) is 5. The highest BCUT2D eigenvalue weighted by Gasteiger charge is 2.16. The van der Waals surface area contributed by atoms with Crippen LogP contribution in [0.3, 0.4) is 0 Å². The van der Waals surface area contributed by atoms with Crippen molar-refractivity contribution in [3.63, 3.8) is 0 Å². The highest BCUT2D eigenvalue weighted by molar-refractivity contribution is 5.88. The van der Waals surface area contributed by atoms with Gasteiger partial charge < -0.3 is 9.26 Å². The molecule has 0 bridgehead atoms. The van der Waals surface area contributed by atoms with Crippen molar-refractivity contribution in [1.29, 1.82) is 0 Å². The van der Waals surface area contributed by atoms with Gasteiger partial charge in [0.05, 0.1) is 6.61 Å². The van der Waals surface area contributed by atoms with E-state index in [1.165, 1.54) is 6.07 Å². The van der Waals surface area contributed by atoms with Crippen LogP contribution in [0, 0.1) is 6.92 Å². The summed E-state index contributed by atoms with van der Waals surface area (Å²) in [6.45, 7) is 3.96. The minimum absolute atomic E-state index is 0.159. The van der Waals surface area contributed by atoms with Gasteiger partial charge in [-0.3, -0.25) is 4.98 Å². The van der Waals surface area contributed by atoms with Gasteiger partial charge in [0.25, 0.3) is 0 Å². The monoisotopic (exact) mass is 232 g/mol. The summed E-state index contributed by atoms with van der Waals surface area (Å²) in [4.78, 5) is 15.6. The third-order valence-electron chi connectivity index (χ3n) is 2.24. The molecule has 0 aliphatic carbocycles. The molecule has 0 saturated carbocycles. The fourth-order valence-corrected chi connectivity index (χ4v) is 1.43. The van der Waals surface area contributed by atoms with E-state index in [1.807, 2.05) is 19.1 Å². The number of hydrogen-bond donors (Lipinski definition) is 0. The van der Waals surface area contributed by atoms with Crippen molar-refractivity contribution >= 4 is 5.97 Å². The van der Waals surface area contributed by atoms with Crippen LogP contribution in [0.25, 0.3) is 11.5 Å². The van der Waals surface area contributed by atoms with Crippen LogP contribution in [0.5, 0.6) is 0 Å². The molecule has 0 radical (unpaired) electrons. The lowest BCUT2D eigenvalue weighted by Gasteiger charge is -1.97. The van der Waals surface area contributed by atoms with E-state index in [9.17, 15) is 4.79 Å². The van der Waals surface area contributed by atoms with E-state index in [4.69, 9.17) is 9.26 Å². The Balaban J connectivity index is 2.30. The van der Waals surface area contributed by atoms with E-state index in [-0.39, 0.29) is 5.69 Å². The number of ether oxygens (including phenoxy) is 1. The highest BCUT2D eigenvalue weighted by Crippen LogP contribution is 2.21. The molecule has 0 spiro atoms. The van der Waals surface area contributed by atoms with E-state index >= 15 is 0 Å². The molecule has 2 aromatic heterocycles. The lowest BCUT2D eigenvalue weighted by molar-refractivity contribution is 0.0514. The Morgan fingerprint density at radius 2 is 2.35 bits per heavy atom. The van der Waals surface area contributed by atoms with Gasteiger partial charge in [0.1, 0.15) is 5.69 Å². The SMILES string of the molecule is CCOC(=O)c1cc(-c2ncccc2C)on1. The third kappa shape index (κ3) is 2.33. The largest absolute Gasteiger partial charge is 0.461 e. The Hall–Kier alpha value is -2.17. The van der Waals surface area contributed by atoms with Crippen LogP contribution in [0.15, 0.2) is 28.9 Å². The zero-order chi connectivity index (χ0) is 12.3. The standard InChI is InChI=1S/C12H12N2O3/c1-3-16-12(15)9-7-10(17-14-9)11-8(2)5-4-6-13-11/h4-7H,3H2,1-2H3. The summed E-state index contributed by atoms with van der Waals surface area (Å²) < 4.78 is 9.91. The molecular formula is C12H12N2O3. The molecule has 0 N–H and O–H groups in total. The number of carbonyl (C=O) groups is 1. The van der Waals surface area contributed by atoms with Crippen LogP contribution in [0.1, 0.15) is 23.0 Å². The Morgan fingerprint density at radius 3 is 3.06 bits per heavy atom. The predicted octanol–water partition coefficient (Wildman–Crippen LogP) is 2.22. The van der Waals surface area contributed by atoms with Crippen molar-refractivity contribution in [2.45, 2.75) is 13.8 Å². The quantitative estimate of drug-likeness (QED) is 0.759. The zero-order valence-electron chi connectivity index (χ0n) is 9.64. The summed E-state index contributed by atoms with van der Waals surface area (Å²) in [5, 5.41) is 3.66. The average molecular weight is 232 g/mol. The molecule has 0 fully saturated rings. The molecule has 88 valence electrons. The smallest absolute Gasteiger partial charge is 0.360 e. The van der Waals surface area contributed by atoms with Gasteiger partial charge in [0.15, 0.2) is 11.5 Å². The lowest BCUT2D eigenvalue weighted by Crippen LogP contribution is -2.04. The molecule has 0 unspecified atom stereocenters. The van der Waals surface area contributed by atoms with Gasteiger partial charge in [0, 0.05) is 12.3 Å². The van der Waals surface area contributed by atoms with Crippen LogP contribution < -0.4 is 0 Å². The fraction of sp³-hybridized carbons (Fsp3) is 0.250. The lowest BCUT2D eigenvalue weighted by atomic mass is 10.2. The number of nitrogens with zero attached hydrogens (tertiary/aromatic N) is 2. The van der Waals surface area contributed by atoms with Crippen molar-refractivity contribution in [1.82, 2.24) is 10.1 Å². The van der Waals surface area contributed by atoms with Crippen molar-refractivity contribution < 1.29 is 14.1 Å². The molecule has 0 aromatic carbocycles. The molecule has 0 aliphatic rings. The number of pyridine rings is 1. The first-order chi connectivity index (χ1) is 8.22. The summed E-state index contributed by atoms with van der Waals surface area (Å²) in [5.41, 5.74) is 1.79. The first kappa shape index (κ1) is 11.3. The van der Waals surface area contributed by atoms with Crippen LogP contribution in [-0.4, -0.2) is 22.7 Å². The topological polar surface area (TPSA) is 65.2 Å². The average Bonchev–Trinajstić information content (AvgIpc) is 2.79. The minimum atomic E-state index is -0.490. The second kappa shape index (κ2) is 4.78. The zero-order valence-corrected chi connectivity index (χ0v) is 9.64. The first-order valence-electron chi connectivity index (χ1n) is 5.28. The number of aryl methyl sites for hydroxylation is 1. The van der Waals surface area contributed by atoms with E-state index in [0.717, 1.165) is 5.56 Å². The molecule has 0 atom stereocenters. The second-order valence-corrected chi connectivity index (χ2v) is 3.47. The van der Waals surface area contributed by atoms with Crippen LogP contribution in [0.4, 0.5) is 0 Å². The third-order valence-corrected chi connectivity index (χ3v) is 2.24. The molecule has 5 nitrogen and oxygen atoms in total. The van der Waals surface area contributed by atoms with Crippen molar-refractivity contribution in [3.8, 4) is 11.5 Å². The summed E-state index contributed by atoms with van der Waals surface area (Å²) in [5.74, 6) is -0.0257. The summed E-state index contributed by atoms with van der Waals surface area (Å²) >= 11 is 0. The molecule has 2 rings (SSSR count). The molecule has 0 aliphatic heterocycles. The number of aromatic nitrogens is 2. The number of rotatable bonds is 3. The van der Waals surface area contributed by atoms with E-state index in [0.29, 0.717) is 18.1 Å². The Labute approximate surface area is 98.4 Å². The normalized spacial score (nSPS) is 10.2. The molecule has 0 saturated heterocycles. The Kier molecular flexibility index (Phi) is 3.18. The maximum atomic E-state index is 11.4. The van der Waals surface area contributed by atoms with Gasteiger partial charge in [-0.2, -0.15) is 0 Å². The van der Waals surface area contributed by atoms with Gasteiger partial charge in [-0.15, -0.1) is 0 Å². The van der Waals surface area contributed by atoms with Crippen molar-refractivity contribution in [2.75, 3.05) is 6.61 Å². The van der Waals surface area contributed by atoms with Gasteiger partial charge >= 0.3 is 5.97 Å². The van der Waals surface area contributed by atoms with Gasteiger partial charge in [-0.1, -0.05) is 11.2 Å². The minimum Gasteiger partial charge on any atom is -0.461 e. The Morgan fingerprint density at radius 1 is 1.53 bits per heavy atom. The molecule has 0 amide bonds.